The van der Waals surface area contributed by atoms with E-state index in [1.54, 1.807) is 0 Å². The van der Waals surface area contributed by atoms with Crippen molar-refractivity contribution in [3.05, 3.63) is 29.8 Å². The average Bonchev–Trinajstić information content (AvgIpc) is 3.36. The predicted molar refractivity (Wildman–Crippen MR) is 130 cm³/mol. The van der Waals surface area contributed by atoms with Crippen molar-refractivity contribution < 1.29 is 9.84 Å². The van der Waals surface area contributed by atoms with Gasteiger partial charge in [-0.05, 0) is 63.1 Å². The van der Waals surface area contributed by atoms with Crippen LogP contribution in [0.3, 0.4) is 0 Å². The SMILES string of the molecule is CCNC(=NCC(O)COCC1CC1)NC(C)c1cccc(N2CCCC2)c1.I. The second-order valence-electron chi connectivity index (χ2n) is 8.01. The number of rotatable bonds is 10. The fourth-order valence-electron chi connectivity index (χ4n) is 3.48. The summed E-state index contributed by atoms with van der Waals surface area (Å²) in [5.41, 5.74) is 2.54. The Labute approximate surface area is 192 Å². The van der Waals surface area contributed by atoms with E-state index in [0.717, 1.165) is 32.2 Å². The normalized spacial score (nSPS) is 18.9. The lowest BCUT2D eigenvalue weighted by atomic mass is 10.1. The van der Waals surface area contributed by atoms with Crippen molar-refractivity contribution in [2.75, 3.05) is 44.3 Å². The van der Waals surface area contributed by atoms with Gasteiger partial charge in [-0.3, -0.25) is 4.99 Å². The number of nitrogens with one attached hydrogen (secondary N) is 2. The highest BCUT2D eigenvalue weighted by molar-refractivity contribution is 14.0. The van der Waals surface area contributed by atoms with Crippen molar-refractivity contribution in [2.24, 2.45) is 10.9 Å². The second-order valence-corrected chi connectivity index (χ2v) is 8.01. The number of hydrogen-bond acceptors (Lipinski definition) is 4. The lowest BCUT2D eigenvalue weighted by Crippen LogP contribution is -2.39. The second kappa shape index (κ2) is 12.6. The third-order valence-corrected chi connectivity index (χ3v) is 5.36. The van der Waals surface area contributed by atoms with Gasteiger partial charge in [0.1, 0.15) is 0 Å². The molecule has 29 heavy (non-hydrogen) atoms. The van der Waals surface area contributed by atoms with Crippen molar-refractivity contribution in [2.45, 2.75) is 51.7 Å². The Hall–Kier alpha value is -1.06. The van der Waals surface area contributed by atoms with Crippen molar-refractivity contribution in [1.82, 2.24) is 10.6 Å². The fourth-order valence-corrected chi connectivity index (χ4v) is 3.48. The number of ether oxygens (including phenoxy) is 1. The first-order valence-electron chi connectivity index (χ1n) is 10.8. The molecule has 3 N–H and O–H groups in total. The van der Waals surface area contributed by atoms with Crippen molar-refractivity contribution >= 4 is 35.6 Å². The van der Waals surface area contributed by atoms with E-state index in [4.69, 9.17) is 4.74 Å². The summed E-state index contributed by atoms with van der Waals surface area (Å²) in [6, 6.07) is 8.88. The average molecular weight is 516 g/mol. The van der Waals surface area contributed by atoms with Crippen LogP contribution in [-0.4, -0.2) is 56.6 Å². The topological polar surface area (TPSA) is 69.1 Å². The molecule has 0 amide bonds. The first-order valence-corrected chi connectivity index (χ1v) is 10.8. The summed E-state index contributed by atoms with van der Waals surface area (Å²) >= 11 is 0. The first kappa shape index (κ1) is 24.2. The first-order chi connectivity index (χ1) is 13.7. The van der Waals surface area contributed by atoms with Gasteiger partial charge in [-0.25, -0.2) is 0 Å². The van der Waals surface area contributed by atoms with E-state index in [1.807, 2.05) is 6.92 Å². The van der Waals surface area contributed by atoms with Crippen molar-refractivity contribution in [3.8, 4) is 0 Å². The molecule has 1 aromatic rings. The molecule has 3 rings (SSSR count). The highest BCUT2D eigenvalue weighted by atomic mass is 127. The van der Waals surface area contributed by atoms with Crippen LogP contribution in [0.5, 0.6) is 0 Å². The zero-order valence-corrected chi connectivity index (χ0v) is 20.1. The maximum atomic E-state index is 10.1. The van der Waals surface area contributed by atoms with Crippen LogP contribution >= 0.6 is 24.0 Å². The van der Waals surface area contributed by atoms with Crippen LogP contribution in [-0.2, 0) is 4.74 Å². The van der Waals surface area contributed by atoms with Crippen molar-refractivity contribution in [3.63, 3.8) is 0 Å². The summed E-state index contributed by atoms with van der Waals surface area (Å²) in [6.45, 7) is 8.72. The number of aliphatic hydroxyl groups is 1. The Bertz CT molecular complexity index is 633. The summed E-state index contributed by atoms with van der Waals surface area (Å²) < 4.78 is 5.56. The quantitative estimate of drug-likeness (QED) is 0.253. The maximum Gasteiger partial charge on any atom is 0.191 e. The van der Waals surface area contributed by atoms with Gasteiger partial charge >= 0.3 is 0 Å². The Morgan fingerprint density at radius 2 is 2.07 bits per heavy atom. The molecule has 0 radical (unpaired) electrons. The van der Waals surface area contributed by atoms with E-state index in [1.165, 1.54) is 36.9 Å². The largest absolute Gasteiger partial charge is 0.389 e. The Balaban J connectivity index is 0.00000300. The smallest absolute Gasteiger partial charge is 0.191 e. The summed E-state index contributed by atoms with van der Waals surface area (Å²) in [4.78, 5) is 7.00. The van der Waals surface area contributed by atoms with E-state index in [0.29, 0.717) is 19.1 Å². The van der Waals surface area contributed by atoms with E-state index in [-0.39, 0.29) is 30.0 Å². The van der Waals surface area contributed by atoms with Crippen LogP contribution in [0.1, 0.15) is 51.1 Å². The van der Waals surface area contributed by atoms with Gasteiger partial charge in [-0.1, -0.05) is 12.1 Å². The molecule has 0 spiro atoms. The number of nitrogens with zero attached hydrogens (tertiary/aromatic N) is 2. The number of aliphatic imine (C=N–C) groups is 1. The van der Waals surface area contributed by atoms with Crippen LogP contribution in [0.2, 0.25) is 0 Å². The lowest BCUT2D eigenvalue weighted by molar-refractivity contribution is 0.0368. The Morgan fingerprint density at radius 3 is 2.76 bits per heavy atom. The molecule has 164 valence electrons. The summed E-state index contributed by atoms with van der Waals surface area (Å²) in [6.07, 6.45) is 4.52. The summed E-state index contributed by atoms with van der Waals surface area (Å²) in [7, 11) is 0. The van der Waals surface area contributed by atoms with E-state index < -0.39 is 6.10 Å². The molecular weight excluding hydrogens is 479 g/mol. The minimum atomic E-state index is -0.567. The number of halogens is 1. The molecule has 7 heteroatoms. The van der Waals surface area contributed by atoms with Gasteiger partial charge in [0.05, 0.1) is 25.3 Å². The summed E-state index contributed by atoms with van der Waals surface area (Å²) in [5, 5.41) is 16.8. The zero-order valence-electron chi connectivity index (χ0n) is 17.8. The van der Waals surface area contributed by atoms with Gasteiger partial charge in [0.15, 0.2) is 5.96 Å². The molecule has 2 unspecified atom stereocenters. The van der Waals surface area contributed by atoms with Gasteiger partial charge in [0, 0.05) is 31.9 Å². The van der Waals surface area contributed by atoms with Gasteiger partial charge in [0.2, 0.25) is 0 Å². The fraction of sp³-hybridized carbons (Fsp3) is 0.682. The summed E-state index contributed by atoms with van der Waals surface area (Å²) in [5.74, 6) is 1.44. The molecule has 1 heterocycles. The van der Waals surface area contributed by atoms with E-state index >= 15 is 0 Å². The lowest BCUT2D eigenvalue weighted by Gasteiger charge is -2.22. The number of guanidine groups is 1. The molecule has 2 fully saturated rings. The third kappa shape index (κ3) is 8.30. The molecule has 1 saturated heterocycles. The Morgan fingerprint density at radius 1 is 1.31 bits per heavy atom. The molecule has 1 aliphatic carbocycles. The van der Waals surface area contributed by atoms with Crippen LogP contribution < -0.4 is 15.5 Å². The molecule has 2 aliphatic rings. The molecule has 1 saturated carbocycles. The minimum Gasteiger partial charge on any atom is -0.389 e. The van der Waals surface area contributed by atoms with Gasteiger partial charge in [0.25, 0.3) is 0 Å². The van der Waals surface area contributed by atoms with Crippen LogP contribution in [0.25, 0.3) is 0 Å². The molecule has 0 aromatic heterocycles. The molecule has 1 aliphatic heterocycles. The minimum absolute atomic E-state index is 0. The number of aliphatic hydroxyl groups excluding tert-OH is 1. The van der Waals surface area contributed by atoms with Gasteiger partial charge in [-0.2, -0.15) is 0 Å². The van der Waals surface area contributed by atoms with Crippen molar-refractivity contribution in [1.29, 1.82) is 0 Å². The maximum absolute atomic E-state index is 10.1. The van der Waals surface area contributed by atoms with Crippen LogP contribution in [0.4, 0.5) is 5.69 Å². The van der Waals surface area contributed by atoms with Crippen LogP contribution in [0, 0.1) is 5.92 Å². The molecule has 2 atom stereocenters. The molecule has 1 aromatic carbocycles. The highest BCUT2D eigenvalue weighted by Gasteiger charge is 2.21. The van der Waals surface area contributed by atoms with Gasteiger partial charge < -0.3 is 25.4 Å². The predicted octanol–water partition coefficient (Wildman–Crippen LogP) is 3.31. The number of hydrogen-bond donors (Lipinski definition) is 3. The van der Waals surface area contributed by atoms with E-state index in [2.05, 4.69) is 51.7 Å². The monoisotopic (exact) mass is 516 g/mol. The third-order valence-electron chi connectivity index (χ3n) is 5.36. The molecular formula is C22H37IN4O2. The number of anilines is 1. The zero-order chi connectivity index (χ0) is 19.8. The van der Waals surface area contributed by atoms with Crippen LogP contribution in [0.15, 0.2) is 29.3 Å². The highest BCUT2D eigenvalue weighted by Crippen LogP contribution is 2.28. The Kier molecular flexibility index (Phi) is 10.5. The number of benzene rings is 1. The van der Waals surface area contributed by atoms with Gasteiger partial charge in [-0.15, -0.1) is 24.0 Å². The molecule has 6 nitrogen and oxygen atoms in total. The molecule has 0 bridgehead atoms. The standard InChI is InChI=1S/C22H36N4O2.HI/c1-3-23-22(24-14-21(27)16-28-15-18-9-10-18)25-17(2)19-7-6-8-20(13-19)26-11-4-5-12-26;/h6-8,13,17-18,21,27H,3-5,9-12,14-16H2,1-2H3,(H2,23,24,25);1H. The van der Waals surface area contributed by atoms with E-state index in [9.17, 15) is 5.11 Å².